The Hall–Kier alpha value is -5.10. The largest absolute Gasteiger partial charge is 0.497 e. The molecule has 18 heteroatoms. The predicted octanol–water partition coefficient (Wildman–Crippen LogP) is 8.56. The number of hydrogen-bond acceptors (Lipinski definition) is 16. The van der Waals surface area contributed by atoms with Crippen molar-refractivity contribution < 1.29 is 61.7 Å². The number of nitro benzene ring substituents is 1. The number of benzene rings is 2. The van der Waals surface area contributed by atoms with E-state index in [0.717, 1.165) is 0 Å². The average molecular weight is 920 g/mol. The summed E-state index contributed by atoms with van der Waals surface area (Å²) >= 11 is 0. The fraction of sp³-hybridized carbons (Fsp3) is 0.652. The van der Waals surface area contributed by atoms with E-state index in [1.165, 1.54) is 29.0 Å². The summed E-state index contributed by atoms with van der Waals surface area (Å²) in [6, 6.07) is 7.56. The summed E-state index contributed by atoms with van der Waals surface area (Å²) in [6.45, 7) is 28.8. The van der Waals surface area contributed by atoms with Crippen LogP contribution < -0.4 is 24.0 Å². The van der Waals surface area contributed by atoms with Crippen LogP contribution in [0.5, 0.6) is 17.2 Å². The zero-order valence-electron chi connectivity index (χ0n) is 41.4. The lowest BCUT2D eigenvalue weighted by Crippen LogP contribution is -2.41. The highest BCUT2D eigenvalue weighted by Gasteiger charge is 2.38. The summed E-state index contributed by atoms with van der Waals surface area (Å²) in [4.78, 5) is 68.0. The van der Waals surface area contributed by atoms with E-state index in [9.17, 15) is 29.3 Å². The van der Waals surface area contributed by atoms with Crippen molar-refractivity contribution in [3.05, 3.63) is 46.0 Å². The third kappa shape index (κ3) is 19.3. The van der Waals surface area contributed by atoms with Crippen molar-refractivity contribution in [2.75, 3.05) is 56.3 Å². The molecule has 0 fully saturated rings. The van der Waals surface area contributed by atoms with Crippen LogP contribution in [0.4, 0.5) is 17.1 Å². The van der Waals surface area contributed by atoms with Crippen LogP contribution in [-0.4, -0.2) is 106 Å². The average Bonchev–Trinajstić information content (AvgIpc) is 3.08. The monoisotopic (exact) mass is 919 g/mol. The minimum absolute atomic E-state index is 0.0409. The van der Waals surface area contributed by atoms with Crippen molar-refractivity contribution in [2.45, 2.75) is 151 Å². The molecule has 64 heavy (non-hydrogen) atoms. The Morgan fingerprint density at radius 1 is 0.594 bits per heavy atom. The second kappa shape index (κ2) is 21.7. The van der Waals surface area contributed by atoms with Crippen molar-refractivity contribution in [1.82, 2.24) is 0 Å². The van der Waals surface area contributed by atoms with E-state index in [1.807, 2.05) is 13.1 Å². The van der Waals surface area contributed by atoms with Crippen LogP contribution in [0.25, 0.3) is 0 Å². The maximum atomic E-state index is 13.4. The Labute approximate surface area is 380 Å². The van der Waals surface area contributed by atoms with Gasteiger partial charge in [-0.25, -0.2) is 0 Å². The Morgan fingerprint density at radius 2 is 0.969 bits per heavy atom. The predicted molar refractivity (Wildman–Crippen MR) is 247 cm³/mol. The molecule has 360 valence electrons. The molecule has 0 spiro atoms. The minimum Gasteiger partial charge on any atom is -0.497 e. The number of rotatable bonds is 20. The Balaban J connectivity index is 2.71. The smallest absolute Gasteiger partial charge is 0.326 e. The molecule has 0 aliphatic rings. The first-order valence-corrected chi connectivity index (χ1v) is 24.2. The lowest BCUT2D eigenvalue weighted by atomic mass is 10.1. The van der Waals surface area contributed by atoms with Gasteiger partial charge in [-0.15, -0.1) is 0 Å². The molecule has 0 unspecified atom stereocenters. The van der Waals surface area contributed by atoms with Crippen LogP contribution in [0.3, 0.4) is 0 Å². The number of carbonyl (C=O) groups is 4. The van der Waals surface area contributed by atoms with Gasteiger partial charge in [0.2, 0.25) is 0 Å². The molecule has 2 aromatic rings. The summed E-state index contributed by atoms with van der Waals surface area (Å²) in [5.41, 5.74) is -2.94. The molecule has 2 aromatic carbocycles. The number of nitro groups is 1. The van der Waals surface area contributed by atoms with Crippen LogP contribution in [0, 0.1) is 10.1 Å². The standard InChI is InChI=1S/C46H73N3O14Si/c1-42(2,3)60-38(50)26-47(27-39(51)61-43(4,5)6)33-20-19-32(56-16)24-36(33)57-21-22-58-37-25-34(49(54)55)31(30-59-64(17,18)46(13,14)15)23-35(37)48(28-40(52)62-44(7,8)9)29-41(53)63-45(10,11)12/h19-20,23-25H,21-22,26-30H2,1-18H3. The highest BCUT2D eigenvalue weighted by atomic mass is 28.4. The number of esters is 4. The summed E-state index contributed by atoms with van der Waals surface area (Å²) in [5.74, 6) is -1.97. The molecule has 0 amide bonds. The van der Waals surface area contributed by atoms with Gasteiger partial charge in [0, 0.05) is 6.07 Å². The molecular formula is C46H73N3O14Si. The summed E-state index contributed by atoms with van der Waals surface area (Å²) in [6.07, 6.45) is 0. The fourth-order valence-electron chi connectivity index (χ4n) is 5.60. The quantitative estimate of drug-likeness (QED) is 0.0306. The first-order chi connectivity index (χ1) is 29.0. The second-order valence-electron chi connectivity index (χ2n) is 20.8. The van der Waals surface area contributed by atoms with Crippen molar-refractivity contribution in [1.29, 1.82) is 0 Å². The number of ether oxygens (including phenoxy) is 7. The van der Waals surface area contributed by atoms with Crippen molar-refractivity contribution in [2.24, 2.45) is 0 Å². The molecule has 17 nitrogen and oxygen atoms in total. The van der Waals surface area contributed by atoms with E-state index in [4.69, 9.17) is 37.6 Å². The Morgan fingerprint density at radius 3 is 1.31 bits per heavy atom. The maximum Gasteiger partial charge on any atom is 0.326 e. The summed E-state index contributed by atoms with van der Waals surface area (Å²) in [5, 5.41) is 12.5. The number of methoxy groups -OCH3 is 1. The highest BCUT2D eigenvalue weighted by Crippen LogP contribution is 2.41. The lowest BCUT2D eigenvalue weighted by Gasteiger charge is -2.36. The van der Waals surface area contributed by atoms with Crippen LogP contribution >= 0.6 is 0 Å². The fourth-order valence-corrected chi connectivity index (χ4v) is 6.55. The van der Waals surface area contributed by atoms with E-state index in [2.05, 4.69) is 20.8 Å². The molecule has 2 rings (SSSR count). The minimum atomic E-state index is -2.42. The van der Waals surface area contributed by atoms with Crippen LogP contribution in [-0.2, 0) is 49.2 Å². The Kier molecular flexibility index (Phi) is 18.7. The van der Waals surface area contributed by atoms with Gasteiger partial charge < -0.3 is 47.4 Å². The SMILES string of the molecule is COc1ccc(N(CC(=O)OC(C)(C)C)CC(=O)OC(C)(C)C)c(OCCOc2cc([N+](=O)[O-])c(CO[Si](C)(C)C(C)(C)C)cc2N(CC(=O)OC(C)(C)C)CC(=O)OC(C)(C)C)c1. The number of hydrogen-bond donors (Lipinski definition) is 0. The zero-order chi connectivity index (χ0) is 49.2. The third-order valence-electron chi connectivity index (χ3n) is 9.16. The number of carbonyl (C=O) groups excluding carboxylic acids is 4. The topological polar surface area (TPSA) is 192 Å². The molecular weight excluding hydrogens is 847 g/mol. The molecule has 0 N–H and O–H groups in total. The van der Waals surface area contributed by atoms with Crippen LogP contribution in [0.1, 0.15) is 109 Å². The van der Waals surface area contributed by atoms with Gasteiger partial charge in [-0.1, -0.05) is 20.8 Å². The van der Waals surface area contributed by atoms with Gasteiger partial charge in [0.15, 0.2) is 8.32 Å². The normalized spacial score (nSPS) is 12.5. The highest BCUT2D eigenvalue weighted by molar-refractivity contribution is 6.74. The van der Waals surface area contributed by atoms with Crippen molar-refractivity contribution >= 4 is 49.3 Å². The maximum absolute atomic E-state index is 13.4. The Bertz CT molecular complexity index is 1890. The first-order valence-electron chi connectivity index (χ1n) is 21.3. The van der Waals surface area contributed by atoms with Crippen LogP contribution in [0.15, 0.2) is 30.3 Å². The second-order valence-corrected chi connectivity index (χ2v) is 25.7. The molecule has 0 heterocycles. The van der Waals surface area contributed by atoms with Gasteiger partial charge in [0.05, 0.1) is 41.6 Å². The molecule has 0 radical (unpaired) electrons. The number of anilines is 2. The molecule has 0 saturated carbocycles. The van der Waals surface area contributed by atoms with Gasteiger partial charge in [0.25, 0.3) is 5.69 Å². The molecule has 0 bridgehead atoms. The van der Waals surface area contributed by atoms with Gasteiger partial charge in [-0.3, -0.25) is 29.3 Å². The molecule has 0 aromatic heterocycles. The van der Waals surface area contributed by atoms with Gasteiger partial charge in [0.1, 0.15) is 79.0 Å². The van der Waals surface area contributed by atoms with Crippen LogP contribution in [0.2, 0.25) is 18.1 Å². The zero-order valence-corrected chi connectivity index (χ0v) is 42.4. The molecule has 0 aliphatic heterocycles. The van der Waals surface area contributed by atoms with Gasteiger partial charge in [-0.2, -0.15) is 0 Å². The molecule has 0 atom stereocenters. The van der Waals surface area contributed by atoms with Crippen molar-refractivity contribution in [3.8, 4) is 17.2 Å². The van der Waals surface area contributed by atoms with E-state index < -0.39 is 72.6 Å². The number of nitrogens with zero attached hydrogens (tertiary/aromatic N) is 3. The lowest BCUT2D eigenvalue weighted by molar-refractivity contribution is -0.385. The first kappa shape index (κ1) is 55.0. The third-order valence-corrected chi connectivity index (χ3v) is 13.6. The van der Waals surface area contributed by atoms with E-state index >= 15 is 0 Å². The van der Waals surface area contributed by atoms with Crippen molar-refractivity contribution in [3.63, 3.8) is 0 Å². The van der Waals surface area contributed by atoms with Gasteiger partial charge >= 0.3 is 23.9 Å². The van der Waals surface area contributed by atoms with Gasteiger partial charge in [-0.05, 0) is 119 Å². The van der Waals surface area contributed by atoms with E-state index in [1.54, 1.807) is 101 Å². The summed E-state index contributed by atoms with van der Waals surface area (Å²) < 4.78 is 46.8. The molecule has 0 aliphatic carbocycles. The molecule has 0 saturated heterocycles. The van der Waals surface area contributed by atoms with E-state index in [0.29, 0.717) is 11.4 Å². The van der Waals surface area contributed by atoms with E-state index in [-0.39, 0.29) is 66.4 Å². The summed E-state index contributed by atoms with van der Waals surface area (Å²) in [7, 11) is -0.954.